The van der Waals surface area contributed by atoms with E-state index >= 15 is 0 Å². The van der Waals surface area contributed by atoms with Crippen molar-refractivity contribution in [3.63, 3.8) is 0 Å². The standard InChI is InChI=1S/C18H13F2N5OS2/c19-15(20)17-23-24-18(28-17)22-16(26)11-4-6-13(7-5-11)27-10-12-9-25-8-2-1-3-14(25)21-12/h1-9,15H,10H2,(H,22,24,26). The number of carbonyl (C=O) groups is 1. The van der Waals surface area contributed by atoms with E-state index in [4.69, 9.17) is 0 Å². The molecule has 28 heavy (non-hydrogen) atoms. The summed E-state index contributed by atoms with van der Waals surface area (Å²) in [5, 5.41) is 8.99. The molecule has 1 amide bonds. The molecule has 142 valence electrons. The molecule has 0 aliphatic heterocycles. The minimum Gasteiger partial charge on any atom is -0.307 e. The number of halogens is 2. The normalized spacial score (nSPS) is 11.2. The number of imidazole rings is 1. The van der Waals surface area contributed by atoms with Crippen LogP contribution in [0.5, 0.6) is 0 Å². The molecule has 3 heterocycles. The molecule has 1 N–H and O–H groups in total. The first-order valence-corrected chi connectivity index (χ1v) is 9.97. The zero-order valence-electron chi connectivity index (χ0n) is 14.3. The lowest BCUT2D eigenvalue weighted by Gasteiger charge is -2.03. The van der Waals surface area contributed by atoms with Gasteiger partial charge < -0.3 is 4.40 Å². The molecule has 0 radical (unpaired) electrons. The Labute approximate surface area is 166 Å². The van der Waals surface area contributed by atoms with Crippen molar-refractivity contribution in [2.75, 3.05) is 5.32 Å². The largest absolute Gasteiger partial charge is 0.307 e. The van der Waals surface area contributed by atoms with Crippen LogP contribution in [-0.4, -0.2) is 25.5 Å². The molecule has 0 aliphatic carbocycles. The predicted octanol–water partition coefficient (Wildman–Crippen LogP) is 4.67. The highest BCUT2D eigenvalue weighted by Gasteiger charge is 2.16. The molecule has 0 fully saturated rings. The zero-order valence-corrected chi connectivity index (χ0v) is 15.9. The van der Waals surface area contributed by atoms with E-state index in [0.717, 1.165) is 16.2 Å². The van der Waals surface area contributed by atoms with Gasteiger partial charge >= 0.3 is 0 Å². The second kappa shape index (κ2) is 8.03. The quantitative estimate of drug-likeness (QED) is 0.462. The number of benzene rings is 1. The number of hydrogen-bond acceptors (Lipinski definition) is 6. The average Bonchev–Trinajstić information content (AvgIpc) is 3.33. The van der Waals surface area contributed by atoms with Gasteiger partial charge in [0, 0.05) is 28.6 Å². The van der Waals surface area contributed by atoms with Gasteiger partial charge in [0.05, 0.1) is 5.69 Å². The fourth-order valence-corrected chi connectivity index (χ4v) is 3.84. The summed E-state index contributed by atoms with van der Waals surface area (Å²) in [6, 6.07) is 12.9. The SMILES string of the molecule is O=C(Nc1nnc(C(F)F)s1)c1ccc(SCc2cn3ccccc3n2)cc1. The molecule has 4 aromatic rings. The number of nitrogens with zero attached hydrogens (tertiary/aromatic N) is 4. The lowest BCUT2D eigenvalue weighted by Crippen LogP contribution is -2.11. The Balaban J connectivity index is 1.36. The maximum Gasteiger partial charge on any atom is 0.291 e. The summed E-state index contributed by atoms with van der Waals surface area (Å²) in [5.74, 6) is 0.280. The summed E-state index contributed by atoms with van der Waals surface area (Å²) in [6.45, 7) is 0. The monoisotopic (exact) mass is 417 g/mol. The molecule has 1 aromatic carbocycles. The van der Waals surface area contributed by atoms with Crippen LogP contribution in [0.15, 0.2) is 59.8 Å². The number of rotatable bonds is 6. The van der Waals surface area contributed by atoms with E-state index in [9.17, 15) is 13.6 Å². The van der Waals surface area contributed by atoms with Crippen LogP contribution < -0.4 is 5.32 Å². The second-order valence-electron chi connectivity index (χ2n) is 5.71. The molecule has 4 rings (SSSR count). The lowest BCUT2D eigenvalue weighted by atomic mass is 10.2. The van der Waals surface area contributed by atoms with Crippen LogP contribution in [0, 0.1) is 0 Å². The van der Waals surface area contributed by atoms with Crippen molar-refractivity contribution in [1.29, 1.82) is 0 Å². The Hall–Kier alpha value is -2.85. The Morgan fingerprint density at radius 1 is 1.18 bits per heavy atom. The van der Waals surface area contributed by atoms with Crippen molar-refractivity contribution >= 4 is 39.8 Å². The molecule has 0 unspecified atom stereocenters. The third kappa shape index (κ3) is 4.18. The number of carbonyl (C=O) groups excluding carboxylic acids is 1. The maximum atomic E-state index is 12.5. The third-order valence-corrected chi connectivity index (χ3v) is 5.66. The van der Waals surface area contributed by atoms with Gasteiger partial charge in [-0.3, -0.25) is 10.1 Å². The van der Waals surface area contributed by atoms with E-state index in [1.807, 2.05) is 47.1 Å². The molecule has 0 atom stereocenters. The van der Waals surface area contributed by atoms with Crippen molar-refractivity contribution in [3.05, 3.63) is 71.1 Å². The van der Waals surface area contributed by atoms with Crippen LogP contribution >= 0.6 is 23.1 Å². The van der Waals surface area contributed by atoms with Gasteiger partial charge in [-0.1, -0.05) is 17.4 Å². The van der Waals surface area contributed by atoms with E-state index in [1.165, 1.54) is 0 Å². The molecule has 0 saturated carbocycles. The van der Waals surface area contributed by atoms with Gasteiger partial charge in [-0.2, -0.15) is 0 Å². The van der Waals surface area contributed by atoms with Crippen LogP contribution in [0.2, 0.25) is 0 Å². The molecule has 10 heteroatoms. The first-order valence-electron chi connectivity index (χ1n) is 8.17. The third-order valence-electron chi connectivity index (χ3n) is 3.76. The fraction of sp³-hybridized carbons (Fsp3) is 0.111. The number of fused-ring (bicyclic) bond motifs is 1. The fourth-order valence-electron chi connectivity index (χ4n) is 2.46. The Morgan fingerprint density at radius 3 is 2.71 bits per heavy atom. The average molecular weight is 417 g/mol. The molecular formula is C18H13F2N5OS2. The van der Waals surface area contributed by atoms with Gasteiger partial charge in [0.1, 0.15) is 5.65 Å². The summed E-state index contributed by atoms with van der Waals surface area (Å²) in [5.41, 5.74) is 2.27. The van der Waals surface area contributed by atoms with E-state index < -0.39 is 17.3 Å². The number of nitrogens with one attached hydrogen (secondary N) is 1. The highest BCUT2D eigenvalue weighted by molar-refractivity contribution is 7.98. The first-order chi connectivity index (χ1) is 13.6. The van der Waals surface area contributed by atoms with E-state index in [0.29, 0.717) is 22.7 Å². The van der Waals surface area contributed by atoms with E-state index in [1.54, 1.807) is 23.9 Å². The molecular weight excluding hydrogens is 404 g/mol. The lowest BCUT2D eigenvalue weighted by molar-refractivity contribution is 0.102. The van der Waals surface area contributed by atoms with Gasteiger partial charge in [0.15, 0.2) is 5.01 Å². The number of amides is 1. The van der Waals surface area contributed by atoms with Gasteiger partial charge in [-0.15, -0.1) is 22.0 Å². The highest BCUT2D eigenvalue weighted by Crippen LogP contribution is 2.26. The topological polar surface area (TPSA) is 72.2 Å². The molecule has 6 nitrogen and oxygen atoms in total. The summed E-state index contributed by atoms with van der Waals surface area (Å²) < 4.78 is 27.0. The van der Waals surface area contributed by atoms with Gasteiger partial charge in [0.2, 0.25) is 5.13 Å². The highest BCUT2D eigenvalue weighted by atomic mass is 32.2. The van der Waals surface area contributed by atoms with Crippen LogP contribution in [-0.2, 0) is 5.75 Å². The minimum absolute atomic E-state index is 0.0469. The number of pyridine rings is 1. The molecule has 0 spiro atoms. The van der Waals surface area contributed by atoms with Crippen molar-refractivity contribution in [2.24, 2.45) is 0 Å². The van der Waals surface area contributed by atoms with Crippen molar-refractivity contribution in [3.8, 4) is 0 Å². The summed E-state index contributed by atoms with van der Waals surface area (Å²) in [7, 11) is 0. The van der Waals surface area contributed by atoms with Crippen LogP contribution in [0.1, 0.15) is 27.5 Å². The Bertz CT molecular complexity index is 1080. The number of anilines is 1. The van der Waals surface area contributed by atoms with E-state index in [2.05, 4.69) is 20.5 Å². The van der Waals surface area contributed by atoms with Crippen molar-refractivity contribution in [1.82, 2.24) is 19.6 Å². The molecule has 0 aliphatic rings. The number of alkyl halides is 2. The number of thioether (sulfide) groups is 1. The smallest absolute Gasteiger partial charge is 0.291 e. The van der Waals surface area contributed by atoms with Gasteiger partial charge in [-0.25, -0.2) is 13.8 Å². The summed E-state index contributed by atoms with van der Waals surface area (Å²) in [6.07, 6.45) is 1.24. The Kier molecular flexibility index (Phi) is 5.31. The van der Waals surface area contributed by atoms with Crippen LogP contribution in [0.3, 0.4) is 0 Å². The van der Waals surface area contributed by atoms with E-state index in [-0.39, 0.29) is 5.13 Å². The Morgan fingerprint density at radius 2 is 2.00 bits per heavy atom. The van der Waals surface area contributed by atoms with Crippen LogP contribution in [0.4, 0.5) is 13.9 Å². The maximum absolute atomic E-state index is 12.5. The number of aromatic nitrogens is 4. The van der Waals surface area contributed by atoms with Crippen molar-refractivity contribution in [2.45, 2.75) is 17.1 Å². The van der Waals surface area contributed by atoms with Gasteiger partial charge in [-0.05, 0) is 36.4 Å². The molecule has 0 saturated heterocycles. The first kappa shape index (κ1) is 18.5. The summed E-state index contributed by atoms with van der Waals surface area (Å²) in [4.78, 5) is 17.7. The minimum atomic E-state index is -2.70. The second-order valence-corrected chi connectivity index (χ2v) is 7.77. The van der Waals surface area contributed by atoms with Crippen molar-refractivity contribution < 1.29 is 13.6 Å². The zero-order chi connectivity index (χ0) is 19.5. The summed E-state index contributed by atoms with van der Waals surface area (Å²) >= 11 is 2.27. The van der Waals surface area contributed by atoms with Gasteiger partial charge in [0.25, 0.3) is 12.3 Å². The molecule has 3 aromatic heterocycles. The predicted molar refractivity (Wildman–Crippen MR) is 104 cm³/mol. The number of hydrogen-bond donors (Lipinski definition) is 1. The molecule has 0 bridgehead atoms. The van der Waals surface area contributed by atoms with Crippen LogP contribution in [0.25, 0.3) is 5.65 Å².